The van der Waals surface area contributed by atoms with Gasteiger partial charge in [0.25, 0.3) is 0 Å². The van der Waals surface area contributed by atoms with E-state index in [4.69, 9.17) is 9.47 Å². The van der Waals surface area contributed by atoms with Gasteiger partial charge < -0.3 is 9.47 Å². The third-order valence-corrected chi connectivity index (χ3v) is 5.70. The summed E-state index contributed by atoms with van der Waals surface area (Å²) in [6, 6.07) is 8.19. The molecule has 1 saturated carbocycles. The van der Waals surface area contributed by atoms with E-state index < -0.39 is 0 Å². The van der Waals surface area contributed by atoms with Crippen LogP contribution in [-0.4, -0.2) is 25.8 Å². The maximum absolute atomic E-state index is 14.8. The fraction of sp³-hybridized carbons (Fsp3) is 0.542. The number of nitrogens with zero attached hydrogens (tertiary/aromatic N) is 1. The molecule has 0 saturated heterocycles. The van der Waals surface area contributed by atoms with E-state index in [2.05, 4.69) is 44.0 Å². The summed E-state index contributed by atoms with van der Waals surface area (Å²) in [5.41, 5.74) is 4.08. The van der Waals surface area contributed by atoms with Crippen molar-refractivity contribution in [1.82, 2.24) is 4.98 Å². The highest BCUT2D eigenvalue weighted by Crippen LogP contribution is 2.46. The zero-order chi connectivity index (χ0) is 20.4. The first-order valence-corrected chi connectivity index (χ1v) is 10.1. The van der Waals surface area contributed by atoms with Crippen LogP contribution in [0.1, 0.15) is 57.6 Å². The smallest absolute Gasteiger partial charge is 0.213 e. The van der Waals surface area contributed by atoms with Gasteiger partial charge in [-0.2, -0.15) is 0 Å². The molecule has 2 aromatic rings. The molecule has 1 heterocycles. The number of halogens is 1. The van der Waals surface area contributed by atoms with Gasteiger partial charge in [0.15, 0.2) is 0 Å². The second kappa shape index (κ2) is 8.20. The molecule has 0 aliphatic heterocycles. The summed E-state index contributed by atoms with van der Waals surface area (Å²) in [7, 11) is 3.32. The molecule has 1 aliphatic carbocycles. The Bertz CT molecular complexity index is 820. The van der Waals surface area contributed by atoms with Crippen LogP contribution in [0.2, 0.25) is 0 Å². The van der Waals surface area contributed by atoms with Crippen LogP contribution in [0, 0.1) is 11.2 Å². The number of rotatable bonds is 6. The normalized spacial score (nSPS) is 16.4. The Morgan fingerprint density at radius 2 is 1.79 bits per heavy atom. The lowest BCUT2D eigenvalue weighted by atomic mass is 9.74. The average molecular weight is 386 g/mol. The van der Waals surface area contributed by atoms with Crippen molar-refractivity contribution >= 4 is 0 Å². The Morgan fingerprint density at radius 1 is 1.07 bits per heavy atom. The molecule has 0 bridgehead atoms. The highest BCUT2D eigenvalue weighted by Gasteiger charge is 2.38. The number of methoxy groups -OCH3 is 2. The van der Waals surface area contributed by atoms with Gasteiger partial charge in [0, 0.05) is 24.2 Å². The first kappa shape index (κ1) is 20.8. The molecule has 3 rings (SSSR count). The Labute approximate surface area is 168 Å². The van der Waals surface area contributed by atoms with Crippen molar-refractivity contribution in [1.29, 1.82) is 0 Å². The topological polar surface area (TPSA) is 31.4 Å². The van der Waals surface area contributed by atoms with Crippen molar-refractivity contribution < 1.29 is 13.9 Å². The minimum Gasteiger partial charge on any atom is -0.481 e. The van der Waals surface area contributed by atoms with Gasteiger partial charge in [-0.05, 0) is 41.4 Å². The molecular weight excluding hydrogens is 353 g/mol. The summed E-state index contributed by atoms with van der Waals surface area (Å²) >= 11 is 0. The van der Waals surface area contributed by atoms with Gasteiger partial charge >= 0.3 is 0 Å². The van der Waals surface area contributed by atoms with Crippen LogP contribution in [0.15, 0.2) is 30.5 Å². The van der Waals surface area contributed by atoms with Crippen LogP contribution >= 0.6 is 0 Å². The molecule has 28 heavy (non-hydrogen) atoms. The van der Waals surface area contributed by atoms with Crippen LogP contribution < -0.4 is 4.74 Å². The fourth-order valence-electron chi connectivity index (χ4n) is 4.54. The van der Waals surface area contributed by atoms with Crippen molar-refractivity contribution in [3.63, 3.8) is 0 Å². The highest BCUT2D eigenvalue weighted by atomic mass is 19.1. The molecule has 1 aromatic heterocycles. The summed E-state index contributed by atoms with van der Waals surface area (Å²) in [6.45, 7) is 7.39. The first-order chi connectivity index (χ1) is 13.3. The number of hydrogen-bond donors (Lipinski definition) is 0. The lowest BCUT2D eigenvalue weighted by Gasteiger charge is -2.32. The van der Waals surface area contributed by atoms with Crippen molar-refractivity contribution in [3.8, 4) is 17.0 Å². The second-order valence-electron chi connectivity index (χ2n) is 9.24. The summed E-state index contributed by atoms with van der Waals surface area (Å²) in [5.74, 6) is 0.101. The van der Waals surface area contributed by atoms with Crippen molar-refractivity contribution in [2.45, 2.75) is 58.3 Å². The van der Waals surface area contributed by atoms with Crippen LogP contribution in [0.3, 0.4) is 0 Å². The number of benzene rings is 1. The third kappa shape index (κ3) is 4.38. The molecule has 0 atom stereocenters. The van der Waals surface area contributed by atoms with Crippen molar-refractivity contribution in [3.05, 3.63) is 47.4 Å². The van der Waals surface area contributed by atoms with E-state index >= 15 is 0 Å². The van der Waals surface area contributed by atoms with E-state index in [0.29, 0.717) is 18.1 Å². The predicted octanol–water partition coefficient (Wildman–Crippen LogP) is 5.94. The highest BCUT2D eigenvalue weighted by molar-refractivity contribution is 5.71. The molecule has 4 heteroatoms. The van der Waals surface area contributed by atoms with Gasteiger partial charge in [-0.25, -0.2) is 9.37 Å². The molecule has 1 fully saturated rings. The zero-order valence-electron chi connectivity index (χ0n) is 17.8. The Kier molecular flexibility index (Phi) is 6.09. The number of aromatic nitrogens is 1. The fourth-order valence-corrected chi connectivity index (χ4v) is 4.54. The van der Waals surface area contributed by atoms with Gasteiger partial charge in [-0.1, -0.05) is 51.8 Å². The Morgan fingerprint density at radius 3 is 2.39 bits per heavy atom. The minimum absolute atomic E-state index is 0.0685. The number of pyridine rings is 1. The summed E-state index contributed by atoms with van der Waals surface area (Å²) < 4.78 is 25.7. The van der Waals surface area contributed by atoms with E-state index in [1.807, 2.05) is 0 Å². The van der Waals surface area contributed by atoms with Gasteiger partial charge in [-0.15, -0.1) is 0 Å². The van der Waals surface area contributed by atoms with Gasteiger partial charge in [0.1, 0.15) is 5.82 Å². The molecule has 1 aromatic carbocycles. The molecule has 0 radical (unpaired) electrons. The monoisotopic (exact) mass is 385 g/mol. The SMILES string of the molecule is COCC1(c2cc(CC(C)(C)C)ccc2-c2cc(OC)ncc2F)CCCC1. The van der Waals surface area contributed by atoms with Gasteiger partial charge in [0.2, 0.25) is 5.88 Å². The first-order valence-electron chi connectivity index (χ1n) is 10.1. The Hall–Kier alpha value is -1.94. The minimum atomic E-state index is -0.323. The number of hydrogen-bond acceptors (Lipinski definition) is 3. The average Bonchev–Trinajstić information content (AvgIpc) is 3.11. The van der Waals surface area contributed by atoms with Gasteiger partial charge in [0.05, 0.1) is 19.9 Å². The molecule has 1 aliphatic rings. The number of ether oxygens (including phenoxy) is 2. The predicted molar refractivity (Wildman–Crippen MR) is 111 cm³/mol. The lowest BCUT2D eigenvalue weighted by molar-refractivity contribution is 0.132. The van der Waals surface area contributed by atoms with Crippen LogP contribution in [-0.2, 0) is 16.6 Å². The largest absolute Gasteiger partial charge is 0.481 e. The van der Waals surface area contributed by atoms with E-state index in [0.717, 1.165) is 24.8 Å². The zero-order valence-corrected chi connectivity index (χ0v) is 17.8. The lowest BCUT2D eigenvalue weighted by Crippen LogP contribution is -2.29. The molecular formula is C24H32FNO2. The van der Waals surface area contributed by atoms with Crippen molar-refractivity contribution in [2.75, 3.05) is 20.8 Å². The Balaban J connectivity index is 2.19. The molecule has 0 unspecified atom stereocenters. The van der Waals surface area contributed by atoms with Crippen LogP contribution in [0.4, 0.5) is 4.39 Å². The summed E-state index contributed by atoms with van der Waals surface area (Å²) in [4.78, 5) is 4.01. The molecule has 3 nitrogen and oxygen atoms in total. The van der Waals surface area contributed by atoms with Crippen LogP contribution in [0.25, 0.3) is 11.1 Å². The summed E-state index contributed by atoms with van der Waals surface area (Å²) in [6.07, 6.45) is 6.71. The maximum Gasteiger partial charge on any atom is 0.213 e. The maximum atomic E-state index is 14.8. The van der Waals surface area contributed by atoms with Crippen molar-refractivity contribution in [2.24, 2.45) is 5.41 Å². The standard InChI is InChI=1S/C24H32FNO2/c1-23(2,3)14-17-8-9-18(19-13-22(28-5)26-15-21(19)25)20(12-17)24(16-27-4)10-6-7-11-24/h8-9,12-13,15H,6-7,10-11,14,16H2,1-5H3. The van der Waals surface area contributed by atoms with E-state index in [9.17, 15) is 4.39 Å². The van der Waals surface area contributed by atoms with E-state index in [1.54, 1.807) is 20.3 Å². The molecule has 0 N–H and O–H groups in total. The van der Waals surface area contributed by atoms with Gasteiger partial charge in [-0.3, -0.25) is 0 Å². The molecule has 152 valence electrons. The quantitative estimate of drug-likeness (QED) is 0.616. The van der Waals surface area contributed by atoms with E-state index in [-0.39, 0.29) is 16.6 Å². The molecule has 0 amide bonds. The van der Waals surface area contributed by atoms with E-state index in [1.165, 1.54) is 30.2 Å². The second-order valence-corrected chi connectivity index (χ2v) is 9.24. The van der Waals surface area contributed by atoms with Crippen LogP contribution in [0.5, 0.6) is 5.88 Å². The molecule has 0 spiro atoms. The summed E-state index contributed by atoms with van der Waals surface area (Å²) in [5, 5.41) is 0. The third-order valence-electron chi connectivity index (χ3n) is 5.70.